The molecule has 0 aliphatic carbocycles. The Morgan fingerprint density at radius 3 is 2.18 bits per heavy atom. The number of anilines is 1. The Kier molecular flexibility index (Phi) is 3.19. The van der Waals surface area contributed by atoms with Crippen molar-refractivity contribution in [2.45, 2.75) is 0 Å². The van der Waals surface area contributed by atoms with Crippen molar-refractivity contribution < 1.29 is 9.47 Å². The minimum absolute atomic E-state index is 0.751. The Hall–Kier alpha value is -2.16. The van der Waals surface area contributed by atoms with Crippen LogP contribution in [0.2, 0.25) is 0 Å². The summed E-state index contributed by atoms with van der Waals surface area (Å²) in [5, 5.41) is 0. The lowest BCUT2D eigenvalue weighted by Gasteiger charge is -2.10. The van der Waals surface area contributed by atoms with Gasteiger partial charge in [0.25, 0.3) is 0 Å². The largest absolute Gasteiger partial charge is 0.497 e. The second-order valence-corrected chi connectivity index (χ2v) is 3.69. The molecule has 2 N–H and O–H groups in total. The Balaban J connectivity index is 2.47. The van der Waals surface area contributed by atoms with E-state index in [2.05, 4.69) is 0 Å². The lowest BCUT2D eigenvalue weighted by molar-refractivity contribution is 0.395. The summed E-state index contributed by atoms with van der Waals surface area (Å²) in [7, 11) is 3.28. The van der Waals surface area contributed by atoms with Gasteiger partial charge >= 0.3 is 0 Å². The van der Waals surface area contributed by atoms with Crippen LogP contribution in [0.1, 0.15) is 0 Å². The van der Waals surface area contributed by atoms with E-state index in [0.717, 1.165) is 28.3 Å². The number of methoxy groups -OCH3 is 2. The molecular weight excluding hydrogens is 214 g/mol. The Morgan fingerprint density at radius 1 is 0.882 bits per heavy atom. The van der Waals surface area contributed by atoms with Gasteiger partial charge in [-0.3, -0.25) is 0 Å². The van der Waals surface area contributed by atoms with Crippen LogP contribution in [-0.2, 0) is 0 Å². The van der Waals surface area contributed by atoms with Crippen LogP contribution in [0.5, 0.6) is 11.5 Å². The SMILES string of the molecule is COc1ccc(-c2ccc(N)cc2)c(OC)c1. The van der Waals surface area contributed by atoms with Gasteiger partial charge < -0.3 is 15.2 Å². The number of ether oxygens (including phenoxy) is 2. The smallest absolute Gasteiger partial charge is 0.130 e. The number of hydrogen-bond acceptors (Lipinski definition) is 3. The first kappa shape index (κ1) is 11.3. The molecule has 0 unspecified atom stereocenters. The first-order chi connectivity index (χ1) is 8.24. The van der Waals surface area contributed by atoms with Crippen molar-refractivity contribution in [3.8, 4) is 22.6 Å². The van der Waals surface area contributed by atoms with Gasteiger partial charge in [0.15, 0.2) is 0 Å². The Bertz CT molecular complexity index is 506. The van der Waals surface area contributed by atoms with E-state index >= 15 is 0 Å². The maximum absolute atomic E-state index is 5.67. The van der Waals surface area contributed by atoms with E-state index in [4.69, 9.17) is 15.2 Å². The van der Waals surface area contributed by atoms with Gasteiger partial charge in [0, 0.05) is 17.3 Å². The van der Waals surface area contributed by atoms with Gasteiger partial charge in [0.2, 0.25) is 0 Å². The van der Waals surface area contributed by atoms with Crippen LogP contribution >= 0.6 is 0 Å². The maximum atomic E-state index is 5.67. The topological polar surface area (TPSA) is 44.5 Å². The predicted octanol–water partition coefficient (Wildman–Crippen LogP) is 2.95. The summed E-state index contributed by atoms with van der Waals surface area (Å²) in [6, 6.07) is 13.4. The third-order valence-electron chi connectivity index (χ3n) is 2.63. The molecule has 0 spiro atoms. The van der Waals surface area contributed by atoms with E-state index < -0.39 is 0 Å². The molecule has 0 aliphatic rings. The zero-order valence-electron chi connectivity index (χ0n) is 9.94. The average molecular weight is 229 g/mol. The molecule has 0 atom stereocenters. The molecule has 0 saturated heterocycles. The van der Waals surface area contributed by atoms with Crippen molar-refractivity contribution in [2.24, 2.45) is 0 Å². The lowest BCUT2D eigenvalue weighted by Crippen LogP contribution is -1.91. The van der Waals surface area contributed by atoms with E-state index in [1.54, 1.807) is 14.2 Å². The highest BCUT2D eigenvalue weighted by Crippen LogP contribution is 2.33. The molecule has 3 heteroatoms. The maximum Gasteiger partial charge on any atom is 0.130 e. The second kappa shape index (κ2) is 4.78. The molecule has 0 bridgehead atoms. The Labute approximate surface area is 101 Å². The number of hydrogen-bond donors (Lipinski definition) is 1. The fourth-order valence-corrected chi connectivity index (χ4v) is 1.70. The molecule has 88 valence electrons. The van der Waals surface area contributed by atoms with E-state index in [9.17, 15) is 0 Å². The summed E-state index contributed by atoms with van der Waals surface area (Å²) in [4.78, 5) is 0. The third kappa shape index (κ3) is 2.33. The van der Waals surface area contributed by atoms with Crippen molar-refractivity contribution in [2.75, 3.05) is 20.0 Å². The van der Waals surface area contributed by atoms with Crippen molar-refractivity contribution >= 4 is 5.69 Å². The number of nitrogens with two attached hydrogens (primary N) is 1. The van der Waals surface area contributed by atoms with Gasteiger partial charge in [-0.1, -0.05) is 12.1 Å². The van der Waals surface area contributed by atoms with Crippen LogP contribution in [-0.4, -0.2) is 14.2 Å². The average Bonchev–Trinajstić information content (AvgIpc) is 2.39. The predicted molar refractivity (Wildman–Crippen MR) is 69.4 cm³/mol. The monoisotopic (exact) mass is 229 g/mol. The first-order valence-electron chi connectivity index (χ1n) is 5.32. The third-order valence-corrected chi connectivity index (χ3v) is 2.63. The lowest BCUT2D eigenvalue weighted by atomic mass is 10.0. The van der Waals surface area contributed by atoms with Crippen LogP contribution < -0.4 is 15.2 Å². The second-order valence-electron chi connectivity index (χ2n) is 3.69. The van der Waals surface area contributed by atoms with Gasteiger partial charge in [-0.05, 0) is 29.8 Å². The molecule has 0 saturated carbocycles. The molecule has 0 aromatic heterocycles. The highest BCUT2D eigenvalue weighted by Gasteiger charge is 2.06. The van der Waals surface area contributed by atoms with Crippen LogP contribution in [0.3, 0.4) is 0 Å². The fraction of sp³-hybridized carbons (Fsp3) is 0.143. The quantitative estimate of drug-likeness (QED) is 0.823. The summed E-state index contributed by atoms with van der Waals surface area (Å²) in [5.74, 6) is 1.56. The highest BCUT2D eigenvalue weighted by atomic mass is 16.5. The van der Waals surface area contributed by atoms with Crippen LogP contribution in [0.4, 0.5) is 5.69 Å². The summed E-state index contributed by atoms with van der Waals surface area (Å²) >= 11 is 0. The van der Waals surface area contributed by atoms with Crippen molar-refractivity contribution in [1.29, 1.82) is 0 Å². The highest BCUT2D eigenvalue weighted by molar-refractivity contribution is 5.72. The fourth-order valence-electron chi connectivity index (χ4n) is 1.70. The summed E-state index contributed by atoms with van der Waals surface area (Å²) in [5.41, 5.74) is 8.51. The number of nitrogen functional groups attached to an aromatic ring is 1. The molecule has 2 aromatic rings. The number of rotatable bonds is 3. The van der Waals surface area contributed by atoms with Gasteiger partial charge in [0.05, 0.1) is 14.2 Å². The van der Waals surface area contributed by atoms with Gasteiger partial charge in [0.1, 0.15) is 11.5 Å². The zero-order chi connectivity index (χ0) is 12.3. The normalized spacial score (nSPS) is 10.0. The molecule has 17 heavy (non-hydrogen) atoms. The Morgan fingerprint density at radius 2 is 1.59 bits per heavy atom. The molecule has 0 aliphatic heterocycles. The standard InChI is InChI=1S/C14H15NO2/c1-16-12-7-8-13(14(9-12)17-2)10-3-5-11(15)6-4-10/h3-9H,15H2,1-2H3. The van der Waals surface area contributed by atoms with E-state index in [1.165, 1.54) is 0 Å². The zero-order valence-corrected chi connectivity index (χ0v) is 9.94. The molecule has 0 heterocycles. The van der Waals surface area contributed by atoms with Crippen LogP contribution in [0, 0.1) is 0 Å². The molecule has 3 nitrogen and oxygen atoms in total. The summed E-state index contributed by atoms with van der Waals surface area (Å²) in [6.07, 6.45) is 0. The van der Waals surface area contributed by atoms with E-state index in [0.29, 0.717) is 0 Å². The molecule has 0 fully saturated rings. The minimum Gasteiger partial charge on any atom is -0.497 e. The van der Waals surface area contributed by atoms with Gasteiger partial charge in [-0.25, -0.2) is 0 Å². The van der Waals surface area contributed by atoms with Gasteiger partial charge in [-0.2, -0.15) is 0 Å². The van der Waals surface area contributed by atoms with Crippen molar-refractivity contribution in [3.63, 3.8) is 0 Å². The molecule has 2 aromatic carbocycles. The number of benzene rings is 2. The van der Waals surface area contributed by atoms with Gasteiger partial charge in [-0.15, -0.1) is 0 Å². The van der Waals surface area contributed by atoms with Crippen LogP contribution in [0.15, 0.2) is 42.5 Å². The first-order valence-corrected chi connectivity index (χ1v) is 5.32. The summed E-state index contributed by atoms with van der Waals surface area (Å²) in [6.45, 7) is 0. The molecule has 0 amide bonds. The van der Waals surface area contributed by atoms with E-state index in [-0.39, 0.29) is 0 Å². The van der Waals surface area contributed by atoms with Crippen LogP contribution in [0.25, 0.3) is 11.1 Å². The molecular formula is C14H15NO2. The minimum atomic E-state index is 0.751. The van der Waals surface area contributed by atoms with Crippen molar-refractivity contribution in [1.82, 2.24) is 0 Å². The van der Waals surface area contributed by atoms with Crippen molar-refractivity contribution in [3.05, 3.63) is 42.5 Å². The molecule has 2 rings (SSSR count). The molecule has 0 radical (unpaired) electrons. The van der Waals surface area contributed by atoms with E-state index in [1.807, 2.05) is 42.5 Å². The summed E-state index contributed by atoms with van der Waals surface area (Å²) < 4.78 is 10.5.